The lowest BCUT2D eigenvalue weighted by atomic mass is 10.0. The van der Waals surface area contributed by atoms with Crippen molar-refractivity contribution in [3.8, 4) is 11.8 Å². The molecule has 6 heteroatoms. The van der Waals surface area contributed by atoms with Gasteiger partial charge in [0.1, 0.15) is 19.0 Å². The molecule has 0 saturated heterocycles. The van der Waals surface area contributed by atoms with Crippen molar-refractivity contribution in [2.45, 2.75) is 18.4 Å². The average Bonchev–Trinajstić information content (AvgIpc) is 2.37. The first kappa shape index (κ1) is 15.5. The minimum atomic E-state index is -4.65. The Bertz CT molecular complexity index is 434. The first-order valence-electron chi connectivity index (χ1n) is 5.37. The van der Waals surface area contributed by atoms with Gasteiger partial charge >= 0.3 is 6.18 Å². The Balaban J connectivity index is 2.87. The summed E-state index contributed by atoms with van der Waals surface area (Å²) in [5, 5.41) is 9.70. The van der Waals surface area contributed by atoms with Crippen molar-refractivity contribution < 1.29 is 27.8 Å². The van der Waals surface area contributed by atoms with Crippen molar-refractivity contribution >= 4 is 0 Å². The molecule has 19 heavy (non-hydrogen) atoms. The molecule has 0 bridgehead atoms. The number of halogens is 3. The van der Waals surface area contributed by atoms with Gasteiger partial charge in [0.2, 0.25) is 0 Å². The van der Waals surface area contributed by atoms with E-state index in [0.29, 0.717) is 5.56 Å². The second kappa shape index (κ2) is 7.14. The van der Waals surface area contributed by atoms with Crippen molar-refractivity contribution in [3.63, 3.8) is 0 Å². The molecule has 0 heterocycles. The van der Waals surface area contributed by atoms with E-state index in [-0.39, 0.29) is 6.79 Å². The van der Waals surface area contributed by atoms with Gasteiger partial charge in [0, 0.05) is 13.0 Å². The largest absolute Gasteiger partial charge is 0.457 e. The van der Waals surface area contributed by atoms with Gasteiger partial charge in [-0.2, -0.15) is 13.2 Å². The Hall–Kier alpha value is -1.55. The lowest BCUT2D eigenvalue weighted by Gasteiger charge is -2.19. The van der Waals surface area contributed by atoms with Crippen molar-refractivity contribution in [2.24, 2.45) is 0 Å². The molecule has 0 aromatic heterocycles. The average molecular weight is 274 g/mol. The molecule has 1 rings (SSSR count). The maximum atomic E-state index is 12.0. The number of aliphatic hydroxyl groups is 1. The van der Waals surface area contributed by atoms with Crippen LogP contribution in [0.5, 0.6) is 0 Å². The summed E-state index contributed by atoms with van der Waals surface area (Å²) in [4.78, 5) is 0. The van der Waals surface area contributed by atoms with Crippen LogP contribution in [0.4, 0.5) is 13.2 Å². The molecule has 0 saturated carbocycles. The SMILES string of the molecule is COCO[C@H](c1ccccc1)[C@H](O)C#CC(F)(F)F. The number of ether oxygens (including phenoxy) is 2. The topological polar surface area (TPSA) is 38.7 Å². The Morgan fingerprint density at radius 2 is 1.89 bits per heavy atom. The van der Waals surface area contributed by atoms with Gasteiger partial charge in [-0.25, -0.2) is 0 Å². The predicted molar refractivity (Wildman–Crippen MR) is 62.0 cm³/mol. The lowest BCUT2D eigenvalue weighted by molar-refractivity contribution is -0.103. The van der Waals surface area contributed by atoms with Crippen LogP contribution in [-0.4, -0.2) is 31.3 Å². The van der Waals surface area contributed by atoms with Crippen LogP contribution >= 0.6 is 0 Å². The van der Waals surface area contributed by atoms with Crippen LogP contribution in [0.3, 0.4) is 0 Å². The van der Waals surface area contributed by atoms with Gasteiger partial charge in [-0.1, -0.05) is 36.3 Å². The summed E-state index contributed by atoms with van der Waals surface area (Å²) in [7, 11) is 1.37. The van der Waals surface area contributed by atoms with Crippen molar-refractivity contribution in [3.05, 3.63) is 35.9 Å². The maximum absolute atomic E-state index is 12.0. The first-order valence-corrected chi connectivity index (χ1v) is 5.37. The Kier molecular flexibility index (Phi) is 5.83. The highest BCUT2D eigenvalue weighted by molar-refractivity contribution is 5.23. The number of methoxy groups -OCH3 is 1. The van der Waals surface area contributed by atoms with Gasteiger partial charge in [0.25, 0.3) is 0 Å². The van der Waals surface area contributed by atoms with E-state index in [1.165, 1.54) is 7.11 Å². The van der Waals surface area contributed by atoms with E-state index in [2.05, 4.69) is 4.74 Å². The summed E-state index contributed by atoms with van der Waals surface area (Å²) in [6.07, 6.45) is -7.25. The van der Waals surface area contributed by atoms with Crippen LogP contribution in [0, 0.1) is 11.8 Å². The molecule has 1 N–H and O–H groups in total. The van der Waals surface area contributed by atoms with Gasteiger partial charge in [-0.05, 0) is 5.56 Å². The smallest absolute Gasteiger partial charge is 0.377 e. The van der Waals surface area contributed by atoms with Crippen molar-refractivity contribution in [2.75, 3.05) is 13.9 Å². The highest BCUT2D eigenvalue weighted by Crippen LogP contribution is 2.21. The summed E-state index contributed by atoms with van der Waals surface area (Å²) in [6.45, 7) is -0.162. The number of hydrogen-bond donors (Lipinski definition) is 1. The number of benzene rings is 1. The van der Waals surface area contributed by atoms with E-state index in [9.17, 15) is 18.3 Å². The molecule has 0 amide bonds. The molecule has 1 aromatic carbocycles. The third-order valence-corrected chi connectivity index (χ3v) is 2.14. The maximum Gasteiger partial charge on any atom is 0.457 e. The molecule has 0 aliphatic carbocycles. The number of rotatable bonds is 5. The molecule has 3 nitrogen and oxygen atoms in total. The molecule has 104 valence electrons. The molecule has 0 spiro atoms. The number of hydrogen-bond acceptors (Lipinski definition) is 3. The molecule has 2 atom stereocenters. The summed E-state index contributed by atoms with van der Waals surface area (Å²) in [5.41, 5.74) is 0.517. The Morgan fingerprint density at radius 3 is 2.42 bits per heavy atom. The fourth-order valence-electron chi connectivity index (χ4n) is 1.39. The quantitative estimate of drug-likeness (QED) is 0.661. The summed E-state index contributed by atoms with van der Waals surface area (Å²) < 4.78 is 45.8. The fraction of sp³-hybridized carbons (Fsp3) is 0.385. The fourth-order valence-corrected chi connectivity index (χ4v) is 1.39. The Labute approximate surface area is 109 Å². The second-order valence-corrected chi connectivity index (χ2v) is 3.62. The van der Waals surface area contributed by atoms with Crippen LogP contribution in [0.1, 0.15) is 11.7 Å². The van der Waals surface area contributed by atoms with Crippen LogP contribution in [0.25, 0.3) is 0 Å². The minimum absolute atomic E-state index is 0.162. The molecule has 0 radical (unpaired) electrons. The summed E-state index contributed by atoms with van der Waals surface area (Å²) in [5.74, 6) is 2.76. The second-order valence-electron chi connectivity index (χ2n) is 3.62. The monoisotopic (exact) mass is 274 g/mol. The molecule has 0 unspecified atom stereocenters. The minimum Gasteiger partial charge on any atom is -0.377 e. The van der Waals surface area contributed by atoms with Gasteiger partial charge < -0.3 is 14.6 Å². The Morgan fingerprint density at radius 1 is 1.26 bits per heavy atom. The highest BCUT2D eigenvalue weighted by Gasteiger charge is 2.25. The van der Waals surface area contributed by atoms with Gasteiger partial charge in [-0.3, -0.25) is 0 Å². The van der Waals surface area contributed by atoms with Gasteiger partial charge in [-0.15, -0.1) is 0 Å². The van der Waals surface area contributed by atoms with E-state index >= 15 is 0 Å². The zero-order valence-corrected chi connectivity index (χ0v) is 10.1. The molecular weight excluding hydrogens is 261 g/mol. The van der Waals surface area contributed by atoms with Crippen LogP contribution < -0.4 is 0 Å². The normalized spacial score (nSPS) is 14.4. The molecule has 0 fully saturated rings. The summed E-state index contributed by atoms with van der Waals surface area (Å²) >= 11 is 0. The van der Waals surface area contributed by atoms with Crippen molar-refractivity contribution in [1.82, 2.24) is 0 Å². The molecule has 0 aliphatic heterocycles. The van der Waals surface area contributed by atoms with E-state index in [1.54, 1.807) is 36.3 Å². The molecule has 1 aromatic rings. The van der Waals surface area contributed by atoms with E-state index < -0.39 is 18.4 Å². The van der Waals surface area contributed by atoms with Gasteiger partial charge in [0.05, 0.1) is 0 Å². The lowest BCUT2D eigenvalue weighted by Crippen LogP contribution is -2.21. The van der Waals surface area contributed by atoms with Crippen molar-refractivity contribution in [1.29, 1.82) is 0 Å². The standard InChI is InChI=1S/C13H13F3O3/c1-18-9-19-12(10-5-3-2-4-6-10)11(17)7-8-13(14,15)16/h2-6,11-12,17H,9H2,1H3/t11-,12-/m1/s1. The number of alkyl halides is 3. The zero-order valence-electron chi connectivity index (χ0n) is 10.1. The third-order valence-electron chi connectivity index (χ3n) is 2.14. The molecule has 0 aliphatic rings. The van der Waals surface area contributed by atoms with Crippen LogP contribution in [0.2, 0.25) is 0 Å². The summed E-state index contributed by atoms with van der Waals surface area (Å²) in [6, 6.07) is 8.35. The highest BCUT2D eigenvalue weighted by atomic mass is 19.4. The van der Waals surface area contributed by atoms with Gasteiger partial charge in [0.15, 0.2) is 0 Å². The first-order chi connectivity index (χ1) is 8.94. The van der Waals surface area contributed by atoms with Crippen LogP contribution in [-0.2, 0) is 9.47 Å². The van der Waals surface area contributed by atoms with E-state index in [0.717, 1.165) is 5.92 Å². The van der Waals surface area contributed by atoms with E-state index in [1.807, 2.05) is 0 Å². The number of aliphatic hydroxyl groups excluding tert-OH is 1. The third kappa shape index (κ3) is 5.75. The zero-order chi connectivity index (χ0) is 14.3. The van der Waals surface area contributed by atoms with Crippen LogP contribution in [0.15, 0.2) is 30.3 Å². The molecular formula is C13H13F3O3. The predicted octanol–water partition coefficient (Wildman–Crippen LogP) is 2.27. The van der Waals surface area contributed by atoms with E-state index in [4.69, 9.17) is 4.74 Å².